The number of rotatable bonds is 7. The molecule has 3 heterocycles. The zero-order chi connectivity index (χ0) is 17.8. The quantitative estimate of drug-likeness (QED) is 0.447. The highest BCUT2D eigenvalue weighted by atomic mass is 32.2. The van der Waals surface area contributed by atoms with E-state index in [4.69, 9.17) is 4.52 Å². The van der Waals surface area contributed by atoms with E-state index < -0.39 is 0 Å². The Kier molecular flexibility index (Phi) is 5.23. The van der Waals surface area contributed by atoms with Crippen molar-refractivity contribution in [3.05, 3.63) is 59.0 Å². The van der Waals surface area contributed by atoms with Gasteiger partial charge in [0.2, 0.25) is 16.8 Å². The van der Waals surface area contributed by atoms with Crippen molar-refractivity contribution < 1.29 is 8.91 Å². The van der Waals surface area contributed by atoms with Gasteiger partial charge >= 0.3 is 0 Å². The fourth-order valence-electron chi connectivity index (χ4n) is 2.06. The predicted octanol–water partition coefficient (Wildman–Crippen LogP) is 4.69. The van der Waals surface area contributed by atoms with Crippen LogP contribution in [-0.4, -0.2) is 20.3 Å². The van der Waals surface area contributed by atoms with Crippen LogP contribution >= 0.6 is 34.4 Å². The normalized spacial score (nSPS) is 11.0. The van der Waals surface area contributed by atoms with Crippen LogP contribution in [0.1, 0.15) is 11.5 Å². The molecule has 0 aliphatic heterocycles. The minimum Gasteiger partial charge on any atom is -0.356 e. The van der Waals surface area contributed by atoms with Crippen LogP contribution in [0.15, 0.2) is 50.6 Å². The molecule has 0 spiro atoms. The maximum absolute atomic E-state index is 12.9. The van der Waals surface area contributed by atoms with E-state index in [0.717, 1.165) is 14.8 Å². The summed E-state index contributed by atoms with van der Waals surface area (Å²) in [5.74, 6) is 1.45. The van der Waals surface area contributed by atoms with Crippen LogP contribution in [0.4, 0.5) is 9.52 Å². The molecule has 6 nitrogen and oxygen atoms in total. The van der Waals surface area contributed by atoms with Gasteiger partial charge in [0.15, 0.2) is 4.34 Å². The van der Waals surface area contributed by atoms with Crippen LogP contribution in [0.2, 0.25) is 0 Å². The molecular weight excluding hydrogens is 393 g/mol. The first-order valence-corrected chi connectivity index (χ1v) is 10.3. The largest absolute Gasteiger partial charge is 0.356 e. The van der Waals surface area contributed by atoms with Gasteiger partial charge in [-0.15, -0.1) is 21.5 Å². The monoisotopic (exact) mass is 405 g/mol. The summed E-state index contributed by atoms with van der Waals surface area (Å²) in [6, 6.07) is 10.3. The average molecular weight is 406 g/mol. The summed E-state index contributed by atoms with van der Waals surface area (Å²) in [4.78, 5) is 5.36. The lowest BCUT2D eigenvalue weighted by molar-refractivity contribution is 0.392. The summed E-state index contributed by atoms with van der Waals surface area (Å²) in [6.07, 6.45) is 0. The SMILES string of the molecule is Fc1ccc(CNc2nnc(SCc3nc(-c4cccs4)no3)s2)cc1. The highest BCUT2D eigenvalue weighted by Crippen LogP contribution is 2.29. The fraction of sp³-hybridized carbons (Fsp3) is 0.125. The molecule has 0 aliphatic rings. The molecule has 1 aromatic carbocycles. The molecule has 0 saturated carbocycles. The van der Waals surface area contributed by atoms with E-state index in [1.807, 2.05) is 17.5 Å². The second kappa shape index (κ2) is 7.94. The van der Waals surface area contributed by atoms with E-state index in [1.54, 1.807) is 23.5 Å². The molecule has 26 heavy (non-hydrogen) atoms. The first-order chi connectivity index (χ1) is 12.8. The Morgan fingerprint density at radius 1 is 1.15 bits per heavy atom. The Balaban J connectivity index is 1.30. The molecule has 0 bridgehead atoms. The Bertz CT molecular complexity index is 968. The molecule has 0 aliphatic carbocycles. The number of aromatic nitrogens is 4. The molecule has 0 amide bonds. The van der Waals surface area contributed by atoms with Crippen LogP contribution in [-0.2, 0) is 12.3 Å². The highest BCUT2D eigenvalue weighted by Gasteiger charge is 2.11. The lowest BCUT2D eigenvalue weighted by atomic mass is 10.2. The topological polar surface area (TPSA) is 76.7 Å². The summed E-state index contributed by atoms with van der Waals surface area (Å²) >= 11 is 4.51. The van der Waals surface area contributed by atoms with Gasteiger partial charge in [-0.25, -0.2) is 4.39 Å². The van der Waals surface area contributed by atoms with Crippen molar-refractivity contribution in [2.75, 3.05) is 5.32 Å². The Morgan fingerprint density at radius 2 is 2.04 bits per heavy atom. The Labute approximate surface area is 160 Å². The average Bonchev–Trinajstić information content (AvgIpc) is 3.40. The van der Waals surface area contributed by atoms with Gasteiger partial charge in [0, 0.05) is 6.54 Å². The highest BCUT2D eigenvalue weighted by molar-refractivity contribution is 8.00. The van der Waals surface area contributed by atoms with Gasteiger partial charge in [-0.05, 0) is 29.1 Å². The smallest absolute Gasteiger partial charge is 0.237 e. The zero-order valence-electron chi connectivity index (χ0n) is 13.3. The number of anilines is 1. The molecule has 4 rings (SSSR count). The van der Waals surface area contributed by atoms with Gasteiger partial charge < -0.3 is 9.84 Å². The zero-order valence-corrected chi connectivity index (χ0v) is 15.7. The first kappa shape index (κ1) is 17.1. The van der Waals surface area contributed by atoms with Gasteiger partial charge in [0.1, 0.15) is 5.82 Å². The number of thiophene rings is 1. The maximum Gasteiger partial charge on any atom is 0.237 e. The summed E-state index contributed by atoms with van der Waals surface area (Å²) in [5.41, 5.74) is 0.975. The van der Waals surface area contributed by atoms with Crippen molar-refractivity contribution in [1.29, 1.82) is 0 Å². The van der Waals surface area contributed by atoms with E-state index in [2.05, 4.69) is 25.7 Å². The van der Waals surface area contributed by atoms with E-state index in [1.165, 1.54) is 35.2 Å². The molecule has 132 valence electrons. The molecule has 4 aromatic rings. The van der Waals surface area contributed by atoms with Crippen LogP contribution in [0, 0.1) is 5.82 Å². The van der Waals surface area contributed by atoms with Crippen LogP contribution in [0.25, 0.3) is 10.7 Å². The number of nitrogens with zero attached hydrogens (tertiary/aromatic N) is 4. The Morgan fingerprint density at radius 3 is 2.85 bits per heavy atom. The van der Waals surface area contributed by atoms with Crippen molar-refractivity contribution in [3.63, 3.8) is 0 Å². The van der Waals surface area contributed by atoms with Crippen molar-refractivity contribution in [2.45, 2.75) is 16.6 Å². The fourth-order valence-corrected chi connectivity index (χ4v) is 4.30. The molecule has 10 heteroatoms. The third-order valence-electron chi connectivity index (χ3n) is 3.29. The summed E-state index contributed by atoms with van der Waals surface area (Å²) in [7, 11) is 0. The number of nitrogens with one attached hydrogen (secondary N) is 1. The van der Waals surface area contributed by atoms with Crippen molar-refractivity contribution >= 4 is 39.6 Å². The summed E-state index contributed by atoms with van der Waals surface area (Å²) in [5, 5.41) is 18.1. The second-order valence-corrected chi connectivity index (χ2v) is 8.28. The van der Waals surface area contributed by atoms with E-state index in [0.29, 0.717) is 29.1 Å². The molecule has 0 saturated heterocycles. The third-order valence-corrected chi connectivity index (χ3v) is 6.16. The van der Waals surface area contributed by atoms with E-state index >= 15 is 0 Å². The molecule has 3 aromatic heterocycles. The van der Waals surface area contributed by atoms with Crippen molar-refractivity contribution in [1.82, 2.24) is 20.3 Å². The number of thioether (sulfide) groups is 1. The summed E-state index contributed by atoms with van der Waals surface area (Å²) in [6.45, 7) is 0.563. The third kappa shape index (κ3) is 4.26. The van der Waals surface area contributed by atoms with E-state index in [9.17, 15) is 4.39 Å². The number of hydrogen-bond acceptors (Lipinski definition) is 9. The number of hydrogen-bond donors (Lipinski definition) is 1. The van der Waals surface area contributed by atoms with Crippen LogP contribution < -0.4 is 5.32 Å². The van der Waals surface area contributed by atoms with Crippen LogP contribution in [0.3, 0.4) is 0 Å². The first-order valence-electron chi connectivity index (χ1n) is 7.57. The summed E-state index contributed by atoms with van der Waals surface area (Å²) < 4.78 is 19.0. The minimum atomic E-state index is -0.244. The minimum absolute atomic E-state index is 0.244. The van der Waals surface area contributed by atoms with Gasteiger partial charge in [-0.1, -0.05) is 46.5 Å². The van der Waals surface area contributed by atoms with Gasteiger partial charge in [-0.3, -0.25) is 0 Å². The molecule has 1 N–H and O–H groups in total. The number of benzene rings is 1. The van der Waals surface area contributed by atoms with Crippen LogP contribution in [0.5, 0.6) is 0 Å². The lowest BCUT2D eigenvalue weighted by Crippen LogP contribution is -1.98. The lowest BCUT2D eigenvalue weighted by Gasteiger charge is -2.01. The van der Waals surface area contributed by atoms with Gasteiger partial charge in [0.25, 0.3) is 0 Å². The molecule has 0 unspecified atom stereocenters. The van der Waals surface area contributed by atoms with Crippen molar-refractivity contribution in [3.8, 4) is 10.7 Å². The molecular formula is C16H12FN5OS3. The Hall–Kier alpha value is -2.30. The maximum atomic E-state index is 12.9. The van der Waals surface area contributed by atoms with Crippen molar-refractivity contribution in [2.24, 2.45) is 0 Å². The molecule has 0 fully saturated rings. The molecule has 0 radical (unpaired) electrons. The van der Waals surface area contributed by atoms with Gasteiger partial charge in [0.05, 0.1) is 10.6 Å². The van der Waals surface area contributed by atoms with Gasteiger partial charge in [-0.2, -0.15) is 4.98 Å². The predicted molar refractivity (Wildman–Crippen MR) is 101 cm³/mol. The number of halogens is 1. The van der Waals surface area contributed by atoms with E-state index in [-0.39, 0.29) is 5.82 Å². The molecule has 0 atom stereocenters. The second-order valence-electron chi connectivity index (χ2n) is 5.13. The standard InChI is InChI=1S/C16H12FN5OS3/c17-11-5-3-10(4-6-11)8-18-15-20-21-16(26-15)25-9-13-19-14(22-23-13)12-2-1-7-24-12/h1-7H,8-9H2,(H,18,20).